The normalized spacial score (nSPS) is 12.3. The van der Waals surface area contributed by atoms with E-state index in [2.05, 4.69) is 0 Å². The fourth-order valence-electron chi connectivity index (χ4n) is 1.74. The molecule has 0 spiro atoms. The van der Waals surface area contributed by atoms with Crippen molar-refractivity contribution in [3.05, 3.63) is 22.7 Å². The van der Waals surface area contributed by atoms with Gasteiger partial charge < -0.3 is 14.2 Å². The van der Waals surface area contributed by atoms with Crippen LogP contribution in [-0.4, -0.2) is 25.2 Å². The third-order valence-corrected chi connectivity index (χ3v) is 2.93. The molecule has 0 amide bonds. The highest BCUT2D eigenvalue weighted by molar-refractivity contribution is 6.31. The second-order valence-electron chi connectivity index (χ2n) is 3.99. The van der Waals surface area contributed by atoms with E-state index in [-0.39, 0.29) is 32.0 Å². The Hall–Kier alpha value is -1.75. The van der Waals surface area contributed by atoms with Gasteiger partial charge in [0, 0.05) is 17.5 Å². The van der Waals surface area contributed by atoms with E-state index in [0.717, 1.165) is 0 Å². The van der Waals surface area contributed by atoms with Crippen LogP contribution in [0.3, 0.4) is 0 Å². The van der Waals surface area contributed by atoms with Crippen LogP contribution in [0.4, 0.5) is 0 Å². The van der Waals surface area contributed by atoms with Gasteiger partial charge in [0.05, 0.1) is 6.61 Å². The number of fused-ring (bicyclic) bond motifs is 1. The van der Waals surface area contributed by atoms with Gasteiger partial charge in [-0.15, -0.1) is 0 Å². The predicted octanol–water partition coefficient (Wildman–Crippen LogP) is 2.13. The van der Waals surface area contributed by atoms with E-state index in [1.165, 1.54) is 0 Å². The van der Waals surface area contributed by atoms with Crippen LogP contribution in [0.2, 0.25) is 5.02 Å². The van der Waals surface area contributed by atoms with E-state index in [9.17, 15) is 9.59 Å². The van der Waals surface area contributed by atoms with E-state index in [1.807, 2.05) is 0 Å². The fourth-order valence-corrected chi connectivity index (χ4v) is 1.96. The molecule has 0 bridgehead atoms. The van der Waals surface area contributed by atoms with Gasteiger partial charge in [-0.2, -0.15) is 0 Å². The quantitative estimate of drug-likeness (QED) is 0.612. The van der Waals surface area contributed by atoms with Crippen molar-refractivity contribution in [3.8, 4) is 11.5 Å². The number of benzene rings is 1. The molecule has 1 aromatic rings. The maximum atomic E-state index is 11.7. The molecule has 1 heterocycles. The second-order valence-corrected chi connectivity index (χ2v) is 4.40. The van der Waals surface area contributed by atoms with Crippen molar-refractivity contribution in [2.24, 2.45) is 0 Å². The smallest absolute Gasteiger partial charge is 0.313 e. The lowest BCUT2D eigenvalue weighted by molar-refractivity contribution is -0.145. The Balaban J connectivity index is 2.03. The van der Waals surface area contributed by atoms with Gasteiger partial charge in [0.15, 0.2) is 11.5 Å². The summed E-state index contributed by atoms with van der Waals surface area (Å²) < 4.78 is 15.1. The van der Waals surface area contributed by atoms with Crippen LogP contribution in [0, 0.1) is 0 Å². The van der Waals surface area contributed by atoms with Crippen molar-refractivity contribution < 1.29 is 23.8 Å². The van der Waals surface area contributed by atoms with Gasteiger partial charge >= 0.3 is 5.97 Å². The number of carbonyl (C=O) groups is 2. The number of rotatable bonds is 5. The Labute approximate surface area is 115 Å². The first-order valence-corrected chi connectivity index (χ1v) is 6.23. The van der Waals surface area contributed by atoms with Crippen LogP contribution < -0.4 is 9.47 Å². The fraction of sp³-hybridized carbons (Fsp3) is 0.385. The van der Waals surface area contributed by atoms with Gasteiger partial charge in [-0.25, -0.2) is 0 Å². The van der Waals surface area contributed by atoms with Gasteiger partial charge in [0.1, 0.15) is 12.2 Å². The molecule has 1 aliphatic rings. The SMILES string of the molecule is CCOC(=O)CC(=O)Cc1cc2c(cc1Cl)OCO2. The number of esters is 1. The highest BCUT2D eigenvalue weighted by atomic mass is 35.5. The third kappa shape index (κ3) is 3.38. The lowest BCUT2D eigenvalue weighted by Gasteiger charge is -2.05. The maximum Gasteiger partial charge on any atom is 0.313 e. The first-order valence-electron chi connectivity index (χ1n) is 5.85. The minimum Gasteiger partial charge on any atom is -0.466 e. The summed E-state index contributed by atoms with van der Waals surface area (Å²) in [6.07, 6.45) is -0.188. The van der Waals surface area contributed by atoms with Gasteiger partial charge in [0.25, 0.3) is 0 Å². The lowest BCUT2D eigenvalue weighted by Crippen LogP contribution is -2.13. The number of Topliss-reactive ketones (excluding diaryl/α,β-unsaturated/α-hetero) is 1. The van der Waals surface area contributed by atoms with Crippen molar-refractivity contribution in [2.75, 3.05) is 13.4 Å². The molecule has 0 N–H and O–H groups in total. The lowest BCUT2D eigenvalue weighted by atomic mass is 10.1. The summed E-state index contributed by atoms with van der Waals surface area (Å²) in [6.45, 7) is 2.10. The standard InChI is InChI=1S/C13H13ClO5/c1-2-17-13(16)5-9(15)3-8-4-11-12(6-10(8)14)19-7-18-11/h4,6H,2-3,5,7H2,1H3. The molecular formula is C13H13ClO5. The zero-order valence-electron chi connectivity index (χ0n) is 10.4. The van der Waals surface area contributed by atoms with Crippen LogP contribution in [-0.2, 0) is 20.7 Å². The average Bonchev–Trinajstić information content (AvgIpc) is 2.76. The molecule has 2 rings (SSSR count). The Morgan fingerprint density at radius 1 is 1.32 bits per heavy atom. The first-order chi connectivity index (χ1) is 9.10. The first kappa shape index (κ1) is 13.7. The second kappa shape index (κ2) is 5.93. The Morgan fingerprint density at radius 3 is 2.68 bits per heavy atom. The summed E-state index contributed by atoms with van der Waals surface area (Å²) in [5.74, 6) is 0.346. The average molecular weight is 285 g/mol. The van der Waals surface area contributed by atoms with Gasteiger partial charge in [0.2, 0.25) is 6.79 Å². The van der Waals surface area contributed by atoms with Crippen molar-refractivity contribution in [1.82, 2.24) is 0 Å². The molecular weight excluding hydrogens is 272 g/mol. The molecule has 1 aliphatic heterocycles. The molecule has 0 saturated heterocycles. The van der Waals surface area contributed by atoms with Crippen LogP contribution >= 0.6 is 11.6 Å². The third-order valence-electron chi connectivity index (χ3n) is 2.58. The molecule has 0 aromatic heterocycles. The Kier molecular flexibility index (Phi) is 4.27. The number of hydrogen-bond acceptors (Lipinski definition) is 5. The maximum absolute atomic E-state index is 11.7. The molecule has 0 unspecified atom stereocenters. The monoisotopic (exact) mass is 284 g/mol. The molecule has 0 saturated carbocycles. The minimum atomic E-state index is -0.524. The highest BCUT2D eigenvalue weighted by Gasteiger charge is 2.19. The summed E-state index contributed by atoms with van der Waals surface area (Å²) in [5, 5.41) is 0.418. The summed E-state index contributed by atoms with van der Waals surface area (Å²) in [4.78, 5) is 22.9. The largest absolute Gasteiger partial charge is 0.466 e. The van der Waals surface area contributed by atoms with Crippen LogP contribution in [0.1, 0.15) is 18.9 Å². The van der Waals surface area contributed by atoms with Crippen LogP contribution in [0.25, 0.3) is 0 Å². The summed E-state index contributed by atoms with van der Waals surface area (Å²) in [5.41, 5.74) is 0.611. The molecule has 5 nitrogen and oxygen atoms in total. The molecule has 1 aromatic carbocycles. The zero-order chi connectivity index (χ0) is 13.8. The number of ketones is 1. The van der Waals surface area contributed by atoms with Crippen molar-refractivity contribution in [3.63, 3.8) is 0 Å². The van der Waals surface area contributed by atoms with E-state index in [1.54, 1.807) is 19.1 Å². The van der Waals surface area contributed by atoms with E-state index < -0.39 is 5.97 Å². The van der Waals surface area contributed by atoms with E-state index in [4.69, 9.17) is 25.8 Å². The van der Waals surface area contributed by atoms with E-state index in [0.29, 0.717) is 22.1 Å². The Bertz CT molecular complexity index is 512. The number of hydrogen-bond donors (Lipinski definition) is 0. The van der Waals surface area contributed by atoms with Crippen molar-refractivity contribution in [1.29, 1.82) is 0 Å². The summed E-state index contributed by atoms with van der Waals surface area (Å²) in [6, 6.07) is 3.27. The molecule has 0 atom stereocenters. The van der Waals surface area contributed by atoms with Crippen molar-refractivity contribution in [2.45, 2.75) is 19.8 Å². The number of carbonyl (C=O) groups excluding carboxylic acids is 2. The molecule has 19 heavy (non-hydrogen) atoms. The molecule has 102 valence electrons. The number of halogens is 1. The summed E-state index contributed by atoms with van der Waals surface area (Å²) >= 11 is 6.05. The topological polar surface area (TPSA) is 61.8 Å². The zero-order valence-corrected chi connectivity index (χ0v) is 11.2. The summed E-state index contributed by atoms with van der Waals surface area (Å²) in [7, 11) is 0. The van der Waals surface area contributed by atoms with Gasteiger partial charge in [-0.3, -0.25) is 9.59 Å². The minimum absolute atomic E-state index is 0.0638. The molecule has 0 aliphatic carbocycles. The van der Waals surface area contributed by atoms with Gasteiger partial charge in [-0.05, 0) is 18.6 Å². The van der Waals surface area contributed by atoms with E-state index >= 15 is 0 Å². The molecule has 0 radical (unpaired) electrons. The van der Waals surface area contributed by atoms with Crippen LogP contribution in [0.5, 0.6) is 11.5 Å². The molecule has 0 fully saturated rings. The van der Waals surface area contributed by atoms with Gasteiger partial charge in [-0.1, -0.05) is 11.6 Å². The van der Waals surface area contributed by atoms with Crippen molar-refractivity contribution >= 4 is 23.4 Å². The predicted molar refractivity (Wildman–Crippen MR) is 67.5 cm³/mol. The molecule has 6 heteroatoms. The highest BCUT2D eigenvalue weighted by Crippen LogP contribution is 2.37. The van der Waals surface area contributed by atoms with Crippen LogP contribution in [0.15, 0.2) is 12.1 Å². The number of ether oxygens (including phenoxy) is 3. The Morgan fingerprint density at radius 2 is 2.00 bits per heavy atom.